The Morgan fingerprint density at radius 1 is 1.14 bits per heavy atom. The maximum Gasteiger partial charge on any atom is 0.326 e. The van der Waals surface area contributed by atoms with E-state index in [1.165, 1.54) is 14.0 Å². The highest BCUT2D eigenvalue weighted by atomic mass is 16.5. The normalized spacial score (nSPS) is 9.62. The SMILES string of the molecule is COc1ccc(C(=O)Nc2c(C)[nH]c(=O)[nH]c2=O)cc1.O. The van der Waals surface area contributed by atoms with Crippen molar-refractivity contribution >= 4 is 11.6 Å². The molecule has 0 aliphatic heterocycles. The molecule has 1 aromatic heterocycles. The van der Waals surface area contributed by atoms with Crippen LogP contribution in [-0.4, -0.2) is 28.5 Å². The van der Waals surface area contributed by atoms with Gasteiger partial charge in [-0.05, 0) is 31.2 Å². The smallest absolute Gasteiger partial charge is 0.326 e. The number of aromatic nitrogens is 2. The number of carbonyl (C=O) groups excluding carboxylic acids is 1. The molecule has 1 amide bonds. The van der Waals surface area contributed by atoms with Crippen molar-refractivity contribution in [2.24, 2.45) is 0 Å². The first kappa shape index (κ1) is 16.2. The molecule has 8 heteroatoms. The molecule has 5 N–H and O–H groups in total. The molecule has 0 atom stereocenters. The highest BCUT2D eigenvalue weighted by Gasteiger charge is 2.11. The first-order chi connectivity index (χ1) is 9.51. The Morgan fingerprint density at radius 2 is 1.76 bits per heavy atom. The second-order valence-corrected chi connectivity index (χ2v) is 4.09. The van der Waals surface area contributed by atoms with Crippen LogP contribution in [-0.2, 0) is 0 Å². The summed E-state index contributed by atoms with van der Waals surface area (Å²) in [6, 6.07) is 6.42. The number of hydrogen-bond donors (Lipinski definition) is 3. The lowest BCUT2D eigenvalue weighted by molar-refractivity contribution is 0.102. The Kier molecular flexibility index (Phi) is 5.03. The number of ether oxygens (including phenoxy) is 1. The minimum Gasteiger partial charge on any atom is -0.497 e. The summed E-state index contributed by atoms with van der Waals surface area (Å²) >= 11 is 0. The molecule has 8 nitrogen and oxygen atoms in total. The Hall–Kier alpha value is -2.87. The summed E-state index contributed by atoms with van der Waals surface area (Å²) in [5.74, 6) is 0.174. The van der Waals surface area contributed by atoms with E-state index >= 15 is 0 Å². The third-order valence-corrected chi connectivity index (χ3v) is 2.72. The molecule has 112 valence electrons. The molecule has 21 heavy (non-hydrogen) atoms. The summed E-state index contributed by atoms with van der Waals surface area (Å²) in [4.78, 5) is 39.1. The zero-order valence-corrected chi connectivity index (χ0v) is 11.4. The number of hydrogen-bond acceptors (Lipinski definition) is 4. The summed E-state index contributed by atoms with van der Waals surface area (Å²) in [5.41, 5.74) is -0.579. The van der Waals surface area contributed by atoms with E-state index in [4.69, 9.17) is 4.74 Å². The van der Waals surface area contributed by atoms with Gasteiger partial charge in [-0.1, -0.05) is 0 Å². The minimum atomic E-state index is -0.645. The summed E-state index contributed by atoms with van der Waals surface area (Å²) < 4.78 is 4.99. The van der Waals surface area contributed by atoms with Crippen molar-refractivity contribution < 1.29 is 15.0 Å². The Balaban J connectivity index is 0.00000220. The summed E-state index contributed by atoms with van der Waals surface area (Å²) in [6.45, 7) is 1.53. The van der Waals surface area contributed by atoms with Gasteiger partial charge in [0.05, 0.1) is 7.11 Å². The Labute approximate surface area is 119 Å². The maximum absolute atomic E-state index is 12.0. The van der Waals surface area contributed by atoms with E-state index in [1.54, 1.807) is 24.3 Å². The highest BCUT2D eigenvalue weighted by Crippen LogP contribution is 2.12. The largest absolute Gasteiger partial charge is 0.497 e. The van der Waals surface area contributed by atoms with E-state index in [0.29, 0.717) is 17.0 Å². The van der Waals surface area contributed by atoms with E-state index in [9.17, 15) is 14.4 Å². The van der Waals surface area contributed by atoms with Gasteiger partial charge >= 0.3 is 5.69 Å². The van der Waals surface area contributed by atoms with Crippen LogP contribution >= 0.6 is 0 Å². The predicted molar refractivity (Wildman–Crippen MR) is 77.0 cm³/mol. The highest BCUT2D eigenvalue weighted by molar-refractivity contribution is 6.04. The summed E-state index contributed by atoms with van der Waals surface area (Å²) in [5, 5.41) is 2.47. The minimum absolute atomic E-state index is 0. The monoisotopic (exact) mass is 293 g/mol. The molecular formula is C13H15N3O5. The number of rotatable bonds is 3. The molecule has 0 saturated heterocycles. The predicted octanol–water partition coefficient (Wildman–Crippen LogP) is -0.192. The van der Waals surface area contributed by atoms with Crippen molar-refractivity contribution in [1.82, 2.24) is 9.97 Å². The van der Waals surface area contributed by atoms with E-state index in [0.717, 1.165) is 0 Å². The molecule has 0 unspecified atom stereocenters. The number of amides is 1. The molecule has 0 fully saturated rings. The zero-order chi connectivity index (χ0) is 14.7. The van der Waals surface area contributed by atoms with Crippen molar-refractivity contribution in [3.63, 3.8) is 0 Å². The standard InChI is InChI=1S/C13H13N3O4.H2O/c1-7-10(12(18)16-13(19)14-7)15-11(17)8-3-5-9(20-2)6-4-8;/h3-6H,1-2H3,(H,15,17)(H2,14,16,18,19);1H2. The van der Waals surface area contributed by atoms with Gasteiger partial charge in [0.15, 0.2) is 0 Å². The van der Waals surface area contributed by atoms with Crippen LogP contribution in [0.15, 0.2) is 33.9 Å². The number of aryl methyl sites for hydroxylation is 1. The lowest BCUT2D eigenvalue weighted by atomic mass is 10.2. The van der Waals surface area contributed by atoms with Gasteiger partial charge in [0.2, 0.25) is 0 Å². The van der Waals surface area contributed by atoms with Gasteiger partial charge in [-0.25, -0.2) is 4.79 Å². The van der Waals surface area contributed by atoms with Crippen molar-refractivity contribution in [3.05, 3.63) is 56.4 Å². The van der Waals surface area contributed by atoms with Gasteiger partial charge in [-0.3, -0.25) is 14.6 Å². The third kappa shape index (κ3) is 3.57. The number of H-pyrrole nitrogens is 2. The quantitative estimate of drug-likeness (QED) is 0.722. The summed E-state index contributed by atoms with van der Waals surface area (Å²) in [7, 11) is 1.53. The lowest BCUT2D eigenvalue weighted by Crippen LogP contribution is -2.28. The first-order valence-electron chi connectivity index (χ1n) is 5.80. The number of benzene rings is 1. The van der Waals surface area contributed by atoms with E-state index in [2.05, 4.69) is 15.3 Å². The van der Waals surface area contributed by atoms with Crippen molar-refractivity contribution in [3.8, 4) is 5.75 Å². The van der Waals surface area contributed by atoms with Crippen LogP contribution in [0, 0.1) is 6.92 Å². The van der Waals surface area contributed by atoms with E-state index in [1.807, 2.05) is 0 Å². The van der Waals surface area contributed by atoms with Crippen LogP contribution in [0.1, 0.15) is 16.1 Å². The molecule has 0 radical (unpaired) electrons. The molecule has 0 spiro atoms. The fourth-order valence-electron chi connectivity index (χ4n) is 1.68. The Morgan fingerprint density at radius 3 is 2.29 bits per heavy atom. The molecular weight excluding hydrogens is 278 g/mol. The Bertz CT molecular complexity index is 746. The van der Waals surface area contributed by atoms with Crippen LogP contribution in [0.25, 0.3) is 0 Å². The third-order valence-electron chi connectivity index (χ3n) is 2.72. The summed E-state index contributed by atoms with van der Waals surface area (Å²) in [6.07, 6.45) is 0. The molecule has 2 rings (SSSR count). The van der Waals surface area contributed by atoms with Crippen molar-refractivity contribution in [2.75, 3.05) is 12.4 Å². The fourth-order valence-corrected chi connectivity index (χ4v) is 1.68. The molecule has 2 aromatic rings. The van der Waals surface area contributed by atoms with Gasteiger partial charge in [0.1, 0.15) is 11.4 Å². The van der Waals surface area contributed by atoms with Gasteiger partial charge in [0, 0.05) is 11.3 Å². The number of methoxy groups -OCH3 is 1. The van der Waals surface area contributed by atoms with Crippen LogP contribution < -0.4 is 21.3 Å². The number of anilines is 1. The molecule has 1 aromatic carbocycles. The van der Waals surface area contributed by atoms with Gasteiger partial charge < -0.3 is 20.5 Å². The first-order valence-corrected chi connectivity index (χ1v) is 5.80. The van der Waals surface area contributed by atoms with Crippen LogP contribution in [0.3, 0.4) is 0 Å². The average Bonchev–Trinajstić information content (AvgIpc) is 2.42. The van der Waals surface area contributed by atoms with Gasteiger partial charge in [-0.15, -0.1) is 0 Å². The zero-order valence-electron chi connectivity index (χ0n) is 11.4. The molecule has 0 bridgehead atoms. The molecule has 0 aliphatic carbocycles. The van der Waals surface area contributed by atoms with Gasteiger partial charge in [0.25, 0.3) is 11.5 Å². The van der Waals surface area contributed by atoms with Gasteiger partial charge in [-0.2, -0.15) is 0 Å². The number of nitrogens with one attached hydrogen (secondary N) is 3. The molecule has 1 heterocycles. The fraction of sp³-hybridized carbons (Fsp3) is 0.154. The maximum atomic E-state index is 12.0. The van der Waals surface area contributed by atoms with Crippen molar-refractivity contribution in [2.45, 2.75) is 6.92 Å². The van der Waals surface area contributed by atoms with Crippen molar-refractivity contribution in [1.29, 1.82) is 0 Å². The molecule has 0 saturated carbocycles. The molecule has 0 aliphatic rings. The average molecular weight is 293 g/mol. The second kappa shape index (κ2) is 6.53. The van der Waals surface area contributed by atoms with Crippen LogP contribution in [0.5, 0.6) is 5.75 Å². The second-order valence-electron chi connectivity index (χ2n) is 4.09. The van der Waals surface area contributed by atoms with E-state index < -0.39 is 17.2 Å². The topological polar surface area (TPSA) is 136 Å². The van der Waals surface area contributed by atoms with E-state index in [-0.39, 0.29) is 11.2 Å². The van der Waals surface area contributed by atoms with Crippen LogP contribution in [0.2, 0.25) is 0 Å². The van der Waals surface area contributed by atoms with Crippen LogP contribution in [0.4, 0.5) is 5.69 Å². The number of carbonyl (C=O) groups is 1. The lowest BCUT2D eigenvalue weighted by Gasteiger charge is -2.07. The number of aromatic amines is 2.